The van der Waals surface area contributed by atoms with Crippen LogP contribution in [0.2, 0.25) is 0 Å². The molecule has 3 fully saturated rings. The standard InChI is InChI=1S/C13H19N2O8P.C10H15N2O8P/c1-13(2)22-10-7(6-21-24(18,19)20)5-8(11(10)23-13)15-4-3-9(16)14-12(15)17;13-7-1-2-12(10(16)11-7)6-3-5(8(14)9(6)15)4-20-21(17,18)19/h3-4,7-8,10-11H,5-6H2,1-2H3,(H,14,16,17)(H2,18,19,20);1-2,5-6,8-9,14-15H,3-4H2,(H,11,13,16)(H2,17,18,19)/t7-,8-,10-,11+;5-,6?,8-,9+/m11/s1. The van der Waals surface area contributed by atoms with Crippen LogP contribution in [-0.2, 0) is 27.7 Å². The molecule has 2 aromatic rings. The van der Waals surface area contributed by atoms with Crippen molar-refractivity contribution in [1.82, 2.24) is 19.1 Å². The summed E-state index contributed by atoms with van der Waals surface area (Å²) in [6.45, 7) is 2.76. The third-order valence-corrected chi connectivity index (χ3v) is 8.62. The first kappa shape index (κ1) is 35.3. The van der Waals surface area contributed by atoms with Crippen LogP contribution in [0.25, 0.3) is 0 Å². The molecule has 1 aliphatic heterocycles. The minimum atomic E-state index is -4.68. The number of phosphoric ester groups is 2. The van der Waals surface area contributed by atoms with E-state index in [9.17, 15) is 38.5 Å². The molecule has 2 aliphatic carbocycles. The van der Waals surface area contributed by atoms with Crippen molar-refractivity contribution in [3.63, 3.8) is 0 Å². The summed E-state index contributed by atoms with van der Waals surface area (Å²) in [6, 6.07) is 1.07. The van der Waals surface area contributed by atoms with Crippen molar-refractivity contribution in [2.45, 2.75) is 69.0 Å². The van der Waals surface area contributed by atoms with E-state index in [0.717, 1.165) is 10.6 Å². The first-order valence-electron chi connectivity index (χ1n) is 13.5. The van der Waals surface area contributed by atoms with E-state index < -0.39 is 93.0 Å². The Labute approximate surface area is 252 Å². The summed E-state index contributed by atoms with van der Waals surface area (Å²) in [5, 5.41) is 19.8. The highest BCUT2D eigenvalue weighted by Gasteiger charge is 2.55. The molecular formula is C23H34N4O16P2. The molecule has 2 saturated carbocycles. The fraction of sp³-hybridized carbons (Fsp3) is 0.652. The first-order chi connectivity index (χ1) is 20.7. The molecule has 1 unspecified atom stereocenters. The van der Waals surface area contributed by atoms with E-state index in [-0.39, 0.29) is 18.9 Å². The van der Waals surface area contributed by atoms with Crippen LogP contribution in [0.15, 0.2) is 43.7 Å². The molecule has 1 saturated heterocycles. The zero-order valence-electron chi connectivity index (χ0n) is 23.8. The van der Waals surface area contributed by atoms with Gasteiger partial charge in [0.25, 0.3) is 11.1 Å². The number of fused-ring (bicyclic) bond motifs is 1. The fourth-order valence-corrected chi connectivity index (χ4v) is 6.57. The summed E-state index contributed by atoms with van der Waals surface area (Å²) in [5.74, 6) is -2.01. The topological polar surface area (TPSA) is 302 Å². The lowest BCUT2D eigenvalue weighted by atomic mass is 10.1. The smallest absolute Gasteiger partial charge is 0.390 e. The Morgan fingerprint density at radius 1 is 0.778 bits per heavy atom. The van der Waals surface area contributed by atoms with E-state index in [1.165, 1.54) is 23.0 Å². The average molecular weight is 684 g/mol. The molecule has 0 amide bonds. The minimum Gasteiger partial charge on any atom is -0.390 e. The number of aromatic amines is 2. The lowest BCUT2D eigenvalue weighted by molar-refractivity contribution is -0.161. The largest absolute Gasteiger partial charge is 0.469 e. The maximum absolute atomic E-state index is 12.1. The van der Waals surface area contributed by atoms with E-state index in [1.807, 2.05) is 4.98 Å². The van der Waals surface area contributed by atoms with Gasteiger partial charge in [-0.05, 0) is 26.7 Å². The number of H-pyrrole nitrogens is 2. The van der Waals surface area contributed by atoms with Gasteiger partial charge in [0.15, 0.2) is 5.79 Å². The van der Waals surface area contributed by atoms with Crippen molar-refractivity contribution in [2.24, 2.45) is 11.8 Å². The Kier molecular flexibility index (Phi) is 10.4. The van der Waals surface area contributed by atoms with Crippen molar-refractivity contribution in [3.8, 4) is 0 Å². The summed E-state index contributed by atoms with van der Waals surface area (Å²) in [4.78, 5) is 85.2. The molecule has 3 aliphatic rings. The average Bonchev–Trinajstić information content (AvgIpc) is 3.49. The lowest BCUT2D eigenvalue weighted by Crippen LogP contribution is -2.37. The van der Waals surface area contributed by atoms with E-state index in [0.29, 0.717) is 6.42 Å². The van der Waals surface area contributed by atoms with Crippen molar-refractivity contribution < 1.29 is 57.4 Å². The van der Waals surface area contributed by atoms with Gasteiger partial charge >= 0.3 is 27.0 Å². The van der Waals surface area contributed by atoms with Crippen LogP contribution in [0.5, 0.6) is 0 Å². The highest BCUT2D eigenvalue weighted by atomic mass is 31.2. The molecule has 0 spiro atoms. The quantitative estimate of drug-likeness (QED) is 0.135. The molecule has 22 heteroatoms. The molecule has 0 radical (unpaired) electrons. The van der Waals surface area contributed by atoms with Crippen molar-refractivity contribution in [1.29, 1.82) is 0 Å². The van der Waals surface area contributed by atoms with Crippen LogP contribution in [-0.4, -0.2) is 92.3 Å². The van der Waals surface area contributed by atoms with Gasteiger partial charge in [-0.15, -0.1) is 0 Å². The van der Waals surface area contributed by atoms with Gasteiger partial charge in [-0.2, -0.15) is 0 Å². The van der Waals surface area contributed by atoms with Crippen LogP contribution < -0.4 is 22.5 Å². The Morgan fingerprint density at radius 2 is 1.22 bits per heavy atom. The summed E-state index contributed by atoms with van der Waals surface area (Å²) in [7, 11) is -9.29. The van der Waals surface area contributed by atoms with E-state index in [2.05, 4.69) is 14.0 Å². The number of hydrogen-bond acceptors (Lipinski definition) is 12. The fourth-order valence-electron chi connectivity index (χ4n) is 5.80. The Morgan fingerprint density at radius 3 is 1.71 bits per heavy atom. The normalized spacial score (nSPS) is 30.9. The predicted octanol–water partition coefficient (Wildman–Crippen LogP) is -2.34. The molecule has 0 aromatic carbocycles. The second kappa shape index (κ2) is 13.3. The summed E-state index contributed by atoms with van der Waals surface area (Å²) in [5.41, 5.74) is -2.41. The third-order valence-electron chi connectivity index (χ3n) is 7.65. The second-order valence-corrected chi connectivity index (χ2v) is 13.8. The molecule has 2 aromatic heterocycles. The SMILES string of the molecule is CC1(C)O[C@@H]2[C@@H](COP(=O)(O)O)C[C@@H](n3ccc(=O)[nH]c3=O)[C@@H]2O1.O=c1ccn(C2C[C@H](COP(=O)(O)O)[C@@H](O)[C@H]2O)c(=O)[nH]1. The Hall–Kier alpha value is -2.58. The zero-order valence-corrected chi connectivity index (χ0v) is 25.6. The van der Waals surface area contributed by atoms with Crippen molar-refractivity contribution >= 4 is 15.6 Å². The molecule has 45 heavy (non-hydrogen) atoms. The Balaban J connectivity index is 0.000000207. The van der Waals surface area contributed by atoms with Crippen LogP contribution in [0.1, 0.15) is 38.8 Å². The molecule has 5 rings (SSSR count). The number of phosphoric acid groups is 2. The van der Waals surface area contributed by atoms with Gasteiger partial charge in [0.2, 0.25) is 0 Å². The highest BCUT2D eigenvalue weighted by Crippen LogP contribution is 2.48. The number of aliphatic hydroxyl groups excluding tert-OH is 2. The molecule has 0 bridgehead atoms. The lowest BCUT2D eigenvalue weighted by Gasteiger charge is -2.24. The molecule has 252 valence electrons. The van der Waals surface area contributed by atoms with Gasteiger partial charge < -0.3 is 39.3 Å². The van der Waals surface area contributed by atoms with Crippen LogP contribution in [0, 0.1) is 11.8 Å². The number of hydrogen-bond donors (Lipinski definition) is 8. The Bertz CT molecular complexity index is 1690. The van der Waals surface area contributed by atoms with Gasteiger partial charge in [0.1, 0.15) is 12.2 Å². The molecule has 20 nitrogen and oxygen atoms in total. The van der Waals surface area contributed by atoms with E-state index in [4.69, 9.17) is 29.0 Å². The van der Waals surface area contributed by atoms with Gasteiger partial charge in [-0.1, -0.05) is 0 Å². The zero-order chi connectivity index (χ0) is 33.5. The van der Waals surface area contributed by atoms with Gasteiger partial charge in [-0.25, -0.2) is 18.7 Å². The number of aromatic nitrogens is 4. The number of aliphatic hydroxyl groups is 2. The monoisotopic (exact) mass is 684 g/mol. The maximum Gasteiger partial charge on any atom is 0.469 e. The first-order valence-corrected chi connectivity index (χ1v) is 16.6. The van der Waals surface area contributed by atoms with Crippen LogP contribution in [0.4, 0.5) is 0 Å². The minimum absolute atomic E-state index is 0.0638. The van der Waals surface area contributed by atoms with Crippen LogP contribution >= 0.6 is 15.6 Å². The van der Waals surface area contributed by atoms with Gasteiger partial charge in [0, 0.05) is 36.4 Å². The molecule has 8 N–H and O–H groups in total. The van der Waals surface area contributed by atoms with Gasteiger partial charge in [-0.3, -0.25) is 37.7 Å². The number of nitrogens with zero attached hydrogens (tertiary/aromatic N) is 2. The predicted molar refractivity (Wildman–Crippen MR) is 149 cm³/mol. The van der Waals surface area contributed by atoms with Gasteiger partial charge in [0.05, 0.1) is 37.5 Å². The van der Waals surface area contributed by atoms with Crippen molar-refractivity contribution in [3.05, 3.63) is 66.2 Å². The number of rotatable bonds is 8. The molecule has 3 heterocycles. The van der Waals surface area contributed by atoms with E-state index in [1.54, 1.807) is 13.8 Å². The summed E-state index contributed by atoms with van der Waals surface area (Å²) in [6.07, 6.45) is -0.604. The summed E-state index contributed by atoms with van der Waals surface area (Å²) >= 11 is 0. The highest BCUT2D eigenvalue weighted by molar-refractivity contribution is 7.46. The maximum atomic E-state index is 12.1. The van der Waals surface area contributed by atoms with E-state index >= 15 is 0 Å². The van der Waals surface area contributed by atoms with Crippen molar-refractivity contribution in [2.75, 3.05) is 13.2 Å². The molecule has 8 atom stereocenters. The third kappa shape index (κ3) is 8.82. The number of nitrogens with one attached hydrogen (secondary N) is 2. The second-order valence-electron chi connectivity index (χ2n) is 11.3. The summed E-state index contributed by atoms with van der Waals surface area (Å²) < 4.78 is 44.6. The molecular weight excluding hydrogens is 650 g/mol. The number of ether oxygens (including phenoxy) is 2. The van der Waals surface area contributed by atoms with Crippen LogP contribution in [0.3, 0.4) is 0 Å².